The maximum atomic E-state index is 7.66. The fourth-order valence-corrected chi connectivity index (χ4v) is 6.49. The van der Waals surface area contributed by atoms with E-state index >= 15 is 0 Å². The summed E-state index contributed by atoms with van der Waals surface area (Å²) in [6.07, 6.45) is 7.05. The van der Waals surface area contributed by atoms with Crippen molar-refractivity contribution in [1.29, 1.82) is 0 Å². The van der Waals surface area contributed by atoms with Crippen LogP contribution in [0.25, 0.3) is 0 Å². The number of hydrogen-bond acceptors (Lipinski definition) is 6. The van der Waals surface area contributed by atoms with Crippen molar-refractivity contribution in [3.05, 3.63) is 97.1 Å². The normalized spacial score (nSPS) is 16.1. The molecule has 0 saturated heterocycles. The Balaban J connectivity index is 1.33. The molecule has 37 heavy (non-hydrogen) atoms. The Kier molecular flexibility index (Phi) is 5.07. The monoisotopic (exact) mass is 558 g/mol. The van der Waals surface area contributed by atoms with Crippen LogP contribution in [0.2, 0.25) is 0 Å². The van der Waals surface area contributed by atoms with Gasteiger partial charge in [0.05, 0.1) is 0 Å². The van der Waals surface area contributed by atoms with Gasteiger partial charge in [-0.3, -0.25) is 0 Å². The molecule has 2 aromatic carbocycles. The molecular weight excluding hydrogens is 525 g/mol. The summed E-state index contributed by atoms with van der Waals surface area (Å²) in [5.41, 5.74) is 3.04. The third-order valence-corrected chi connectivity index (χ3v) is 8.63. The molecular formula is C30H29N5OSe. The fourth-order valence-electron chi connectivity index (χ4n) is 4.37. The zero-order chi connectivity index (χ0) is 28.1. The first-order valence-electron chi connectivity index (χ1n) is 13.6. The van der Waals surface area contributed by atoms with Crippen LogP contribution < -0.4 is 23.5 Å². The van der Waals surface area contributed by atoms with Gasteiger partial charge in [0.25, 0.3) is 0 Å². The van der Waals surface area contributed by atoms with Gasteiger partial charge in [-0.1, -0.05) is 0 Å². The van der Waals surface area contributed by atoms with Crippen molar-refractivity contribution in [2.75, 3.05) is 23.4 Å². The van der Waals surface area contributed by atoms with Gasteiger partial charge in [-0.2, -0.15) is 0 Å². The Morgan fingerprint density at radius 1 is 0.892 bits per heavy atom. The summed E-state index contributed by atoms with van der Waals surface area (Å²) in [4.78, 5) is 14.9. The van der Waals surface area contributed by atoms with E-state index in [9.17, 15) is 0 Å². The van der Waals surface area contributed by atoms with Crippen LogP contribution in [0, 0.1) is 0 Å². The average Bonchev–Trinajstić information content (AvgIpc) is 3.43. The van der Waals surface area contributed by atoms with Gasteiger partial charge in [-0.25, -0.2) is 0 Å². The SMILES string of the molecule is [2H]C([2H])([2H])N1C=CN(c2cccc(Oc3ccc4c(c3)N(c3cc(C(C)(C)C)ccn3)c3ncccc3[Se]4)c2)C1. The molecule has 0 aliphatic carbocycles. The standard InChI is InChI=1S/C30H29N5OSe/c1-30(2,3)21-12-14-31-28(17-21)35-25-19-24(10-11-26(25)37-27-9-6-13-32-29(27)35)36-23-8-5-7-22(18-23)34-16-15-33(4)20-34/h5-19H,20H2,1-4H3/i4D3. The zero-order valence-corrected chi connectivity index (χ0v) is 22.6. The molecule has 186 valence electrons. The number of pyridine rings is 2. The van der Waals surface area contributed by atoms with Crippen LogP contribution in [0.15, 0.2) is 91.5 Å². The van der Waals surface area contributed by atoms with Gasteiger partial charge in [0, 0.05) is 4.11 Å². The Hall–Kier alpha value is -3.80. The van der Waals surface area contributed by atoms with Crippen molar-refractivity contribution < 1.29 is 8.85 Å². The third-order valence-electron chi connectivity index (χ3n) is 6.31. The van der Waals surface area contributed by atoms with Crippen molar-refractivity contribution in [2.45, 2.75) is 26.2 Å². The minimum absolute atomic E-state index is 0.0196. The van der Waals surface area contributed by atoms with Crippen molar-refractivity contribution >= 4 is 46.9 Å². The van der Waals surface area contributed by atoms with E-state index < -0.39 is 6.98 Å². The molecule has 0 unspecified atom stereocenters. The van der Waals surface area contributed by atoms with E-state index in [1.54, 1.807) is 12.4 Å². The van der Waals surface area contributed by atoms with Crippen LogP contribution in [0.5, 0.6) is 11.5 Å². The second kappa shape index (κ2) is 9.25. The van der Waals surface area contributed by atoms with Crippen LogP contribution in [0.1, 0.15) is 30.4 Å². The van der Waals surface area contributed by atoms with E-state index in [4.69, 9.17) is 18.8 Å². The van der Waals surface area contributed by atoms with Crippen molar-refractivity contribution in [1.82, 2.24) is 14.9 Å². The number of fused-ring (bicyclic) bond motifs is 2. The van der Waals surface area contributed by atoms with Crippen LogP contribution in [0.4, 0.5) is 23.0 Å². The average molecular weight is 558 g/mol. The molecule has 4 aromatic rings. The molecule has 0 radical (unpaired) electrons. The summed E-state index contributed by atoms with van der Waals surface area (Å²) < 4.78 is 31.8. The van der Waals surface area contributed by atoms with Crippen molar-refractivity contribution in [2.24, 2.45) is 0 Å². The van der Waals surface area contributed by atoms with Crippen LogP contribution >= 0.6 is 0 Å². The van der Waals surface area contributed by atoms with E-state index in [-0.39, 0.29) is 27.0 Å². The molecule has 2 aromatic heterocycles. The molecule has 2 aliphatic rings. The second-order valence-corrected chi connectivity index (χ2v) is 12.3. The number of nitrogens with zero attached hydrogens (tertiary/aromatic N) is 5. The van der Waals surface area contributed by atoms with E-state index in [0.717, 1.165) is 23.0 Å². The van der Waals surface area contributed by atoms with E-state index in [1.807, 2.05) is 53.7 Å². The summed E-state index contributed by atoms with van der Waals surface area (Å²) in [5.74, 6) is 3.08. The summed E-state index contributed by atoms with van der Waals surface area (Å²) >= 11 is 0.0895. The third kappa shape index (κ3) is 4.68. The molecule has 0 amide bonds. The molecule has 7 heteroatoms. The predicted octanol–water partition coefficient (Wildman–Crippen LogP) is 5.19. The summed E-state index contributed by atoms with van der Waals surface area (Å²) in [5, 5.41) is 0. The second-order valence-electron chi connectivity index (χ2n) is 10.0. The first-order chi connectivity index (χ1) is 19.1. The zero-order valence-electron chi connectivity index (χ0n) is 23.9. The van der Waals surface area contributed by atoms with Gasteiger partial charge in [0.2, 0.25) is 0 Å². The maximum absolute atomic E-state index is 7.66. The summed E-state index contributed by atoms with van der Waals surface area (Å²) in [6.45, 7) is 4.67. The molecule has 0 spiro atoms. The number of anilines is 4. The number of aromatic nitrogens is 2. The molecule has 0 saturated carbocycles. The van der Waals surface area contributed by atoms with E-state index in [2.05, 4.69) is 56.0 Å². The molecule has 0 bridgehead atoms. The summed E-state index contributed by atoms with van der Waals surface area (Å²) in [7, 11) is 0. The minimum atomic E-state index is -2.18. The Morgan fingerprint density at radius 2 is 1.78 bits per heavy atom. The predicted molar refractivity (Wildman–Crippen MR) is 151 cm³/mol. The molecule has 0 atom stereocenters. The number of ether oxygens (including phenoxy) is 1. The molecule has 6 nitrogen and oxygen atoms in total. The van der Waals surface area contributed by atoms with Crippen LogP contribution in [-0.2, 0) is 5.41 Å². The molecule has 0 fully saturated rings. The molecule has 0 N–H and O–H groups in total. The van der Waals surface area contributed by atoms with Crippen molar-refractivity contribution in [3.8, 4) is 11.5 Å². The quantitative estimate of drug-likeness (QED) is 0.284. The molecule has 6 rings (SSSR count). The van der Waals surface area contributed by atoms with E-state index in [0.29, 0.717) is 11.5 Å². The Morgan fingerprint density at radius 3 is 2.62 bits per heavy atom. The first-order valence-corrected chi connectivity index (χ1v) is 13.8. The van der Waals surface area contributed by atoms with Crippen LogP contribution in [-0.4, -0.2) is 43.5 Å². The van der Waals surface area contributed by atoms with Gasteiger partial charge in [-0.05, 0) is 0 Å². The Bertz CT molecular complexity index is 1600. The van der Waals surface area contributed by atoms with Gasteiger partial charge in [-0.15, -0.1) is 0 Å². The number of rotatable bonds is 4. The van der Waals surface area contributed by atoms with Gasteiger partial charge >= 0.3 is 225 Å². The summed E-state index contributed by atoms with van der Waals surface area (Å²) in [6, 6.07) is 22.2. The molecule has 2 aliphatic heterocycles. The van der Waals surface area contributed by atoms with Gasteiger partial charge < -0.3 is 0 Å². The topological polar surface area (TPSA) is 44.7 Å². The molecule has 4 heterocycles. The Labute approximate surface area is 228 Å². The number of benzene rings is 2. The number of hydrogen-bond donors (Lipinski definition) is 0. The van der Waals surface area contributed by atoms with Gasteiger partial charge in [0.1, 0.15) is 0 Å². The van der Waals surface area contributed by atoms with E-state index in [1.165, 1.54) is 19.4 Å². The fraction of sp³-hybridized carbons (Fsp3) is 0.200. The van der Waals surface area contributed by atoms with Gasteiger partial charge in [0.15, 0.2) is 0 Å². The van der Waals surface area contributed by atoms with Crippen molar-refractivity contribution in [3.63, 3.8) is 0 Å². The first kappa shape index (κ1) is 20.3. The van der Waals surface area contributed by atoms with Crippen LogP contribution in [0.3, 0.4) is 0 Å².